The first kappa shape index (κ1) is 17.5. The number of hydrogen-bond donors (Lipinski definition) is 0. The highest BCUT2D eigenvalue weighted by Crippen LogP contribution is 2.17. The lowest BCUT2D eigenvalue weighted by molar-refractivity contribution is -0.140. The molecule has 116 valence electrons. The molecule has 1 rings (SSSR count). The summed E-state index contributed by atoms with van der Waals surface area (Å²) in [5.41, 5.74) is 1.38. The number of aryl methyl sites for hydroxylation is 1. The van der Waals surface area contributed by atoms with Gasteiger partial charge in [-0.3, -0.25) is 9.59 Å². The molecule has 0 bridgehead atoms. The van der Waals surface area contributed by atoms with Crippen molar-refractivity contribution in [1.82, 2.24) is 4.90 Å². The standard InChI is InChI=1S/C15H20ClNO4/c1-11-10-12(4-5-13(11)16)15(19)17(8-9-20-2)7-6-14(18)21-3/h4-5,10H,6-9H2,1-3H3. The Labute approximate surface area is 129 Å². The molecule has 0 saturated heterocycles. The lowest BCUT2D eigenvalue weighted by Gasteiger charge is -2.22. The Balaban J connectivity index is 2.82. The number of amides is 1. The maximum absolute atomic E-state index is 12.5. The third-order valence-corrected chi connectivity index (χ3v) is 3.50. The highest BCUT2D eigenvalue weighted by Gasteiger charge is 2.17. The van der Waals surface area contributed by atoms with E-state index < -0.39 is 0 Å². The second kappa shape index (κ2) is 8.64. The van der Waals surface area contributed by atoms with Gasteiger partial charge in [0.15, 0.2) is 0 Å². The van der Waals surface area contributed by atoms with E-state index in [1.165, 1.54) is 7.11 Å². The van der Waals surface area contributed by atoms with Gasteiger partial charge in [0.25, 0.3) is 5.91 Å². The molecule has 1 amide bonds. The molecule has 0 atom stereocenters. The quantitative estimate of drug-likeness (QED) is 0.725. The van der Waals surface area contributed by atoms with Crippen LogP contribution in [0.3, 0.4) is 0 Å². The first-order valence-electron chi connectivity index (χ1n) is 6.60. The molecule has 0 N–H and O–H groups in total. The summed E-state index contributed by atoms with van der Waals surface area (Å²) in [6, 6.07) is 5.11. The third-order valence-electron chi connectivity index (χ3n) is 3.07. The van der Waals surface area contributed by atoms with E-state index in [1.54, 1.807) is 30.2 Å². The van der Waals surface area contributed by atoms with Gasteiger partial charge in [0.2, 0.25) is 0 Å². The summed E-state index contributed by atoms with van der Waals surface area (Å²) in [6.45, 7) is 2.94. The monoisotopic (exact) mass is 313 g/mol. The Morgan fingerprint density at radius 2 is 1.95 bits per heavy atom. The lowest BCUT2D eigenvalue weighted by Crippen LogP contribution is -2.35. The number of methoxy groups -OCH3 is 2. The van der Waals surface area contributed by atoms with Crippen molar-refractivity contribution in [2.75, 3.05) is 33.9 Å². The fourth-order valence-electron chi connectivity index (χ4n) is 1.80. The Morgan fingerprint density at radius 1 is 1.24 bits per heavy atom. The summed E-state index contributed by atoms with van der Waals surface area (Å²) in [7, 11) is 2.89. The van der Waals surface area contributed by atoms with Crippen LogP contribution in [-0.4, -0.2) is 50.7 Å². The number of nitrogens with zero attached hydrogens (tertiary/aromatic N) is 1. The van der Waals surface area contributed by atoms with Gasteiger partial charge in [0.05, 0.1) is 20.1 Å². The Bertz CT molecular complexity index is 504. The van der Waals surface area contributed by atoms with E-state index in [9.17, 15) is 9.59 Å². The van der Waals surface area contributed by atoms with Gasteiger partial charge in [0, 0.05) is 30.8 Å². The zero-order valence-electron chi connectivity index (χ0n) is 12.5. The molecule has 1 aromatic rings. The van der Waals surface area contributed by atoms with Crippen LogP contribution in [0.2, 0.25) is 5.02 Å². The zero-order valence-corrected chi connectivity index (χ0v) is 13.3. The highest BCUT2D eigenvalue weighted by atomic mass is 35.5. The van der Waals surface area contributed by atoms with Crippen LogP contribution < -0.4 is 0 Å². The maximum Gasteiger partial charge on any atom is 0.307 e. The van der Waals surface area contributed by atoms with Crippen LogP contribution in [-0.2, 0) is 14.3 Å². The van der Waals surface area contributed by atoms with E-state index in [4.69, 9.17) is 16.3 Å². The maximum atomic E-state index is 12.5. The van der Waals surface area contributed by atoms with Gasteiger partial charge in [-0.2, -0.15) is 0 Å². The molecule has 0 aromatic heterocycles. The average molecular weight is 314 g/mol. The van der Waals surface area contributed by atoms with Crippen LogP contribution in [0.4, 0.5) is 0 Å². The number of halogens is 1. The molecular weight excluding hydrogens is 294 g/mol. The van der Waals surface area contributed by atoms with E-state index in [1.807, 2.05) is 6.92 Å². The number of ether oxygens (including phenoxy) is 2. The minimum absolute atomic E-state index is 0.151. The van der Waals surface area contributed by atoms with Gasteiger partial charge in [-0.05, 0) is 30.7 Å². The smallest absolute Gasteiger partial charge is 0.307 e. The Kier molecular flexibility index (Phi) is 7.19. The molecule has 0 fully saturated rings. The van der Waals surface area contributed by atoms with Crippen molar-refractivity contribution in [3.63, 3.8) is 0 Å². The first-order chi connectivity index (χ1) is 9.99. The minimum atomic E-state index is -0.350. The summed E-state index contributed by atoms with van der Waals surface area (Å²) in [4.78, 5) is 25.3. The van der Waals surface area contributed by atoms with Crippen molar-refractivity contribution < 1.29 is 19.1 Å². The van der Waals surface area contributed by atoms with Crippen molar-refractivity contribution in [1.29, 1.82) is 0 Å². The van der Waals surface area contributed by atoms with Gasteiger partial charge >= 0.3 is 5.97 Å². The normalized spacial score (nSPS) is 10.3. The summed E-state index contributed by atoms with van der Waals surface area (Å²) in [6.07, 6.45) is 0.151. The summed E-state index contributed by atoms with van der Waals surface area (Å²) in [5.74, 6) is -0.506. The van der Waals surface area contributed by atoms with Crippen LogP contribution in [0.25, 0.3) is 0 Å². The van der Waals surface area contributed by atoms with Crippen molar-refractivity contribution in [3.05, 3.63) is 34.3 Å². The van der Waals surface area contributed by atoms with Crippen LogP contribution in [0.5, 0.6) is 0 Å². The average Bonchev–Trinajstić information content (AvgIpc) is 2.49. The fourth-order valence-corrected chi connectivity index (χ4v) is 1.92. The summed E-state index contributed by atoms with van der Waals surface area (Å²) >= 11 is 5.96. The second-order valence-electron chi connectivity index (χ2n) is 4.58. The molecule has 1 aromatic carbocycles. The SMILES string of the molecule is COCCN(CCC(=O)OC)C(=O)c1ccc(Cl)c(C)c1. The molecule has 0 unspecified atom stereocenters. The molecule has 0 saturated carbocycles. The molecule has 21 heavy (non-hydrogen) atoms. The van der Waals surface area contributed by atoms with Crippen LogP contribution >= 0.6 is 11.6 Å². The number of carbonyl (C=O) groups is 2. The number of benzene rings is 1. The van der Waals surface area contributed by atoms with Gasteiger partial charge in [-0.15, -0.1) is 0 Å². The second-order valence-corrected chi connectivity index (χ2v) is 4.98. The number of rotatable bonds is 7. The van der Waals surface area contributed by atoms with Gasteiger partial charge < -0.3 is 14.4 Å². The molecule has 0 heterocycles. The van der Waals surface area contributed by atoms with E-state index in [0.717, 1.165) is 5.56 Å². The van der Waals surface area contributed by atoms with E-state index in [2.05, 4.69) is 4.74 Å². The summed E-state index contributed by atoms with van der Waals surface area (Å²) in [5, 5.41) is 0.615. The zero-order chi connectivity index (χ0) is 15.8. The van der Waals surface area contributed by atoms with Crippen LogP contribution in [0.15, 0.2) is 18.2 Å². The third kappa shape index (κ3) is 5.36. The fraction of sp³-hybridized carbons (Fsp3) is 0.467. The Morgan fingerprint density at radius 3 is 2.52 bits per heavy atom. The number of carbonyl (C=O) groups excluding carboxylic acids is 2. The van der Waals surface area contributed by atoms with Crippen molar-refractivity contribution in [3.8, 4) is 0 Å². The predicted molar refractivity (Wildman–Crippen MR) is 80.6 cm³/mol. The van der Waals surface area contributed by atoms with E-state index in [-0.39, 0.29) is 24.8 Å². The largest absolute Gasteiger partial charge is 0.469 e. The Hall–Kier alpha value is -1.59. The molecule has 0 radical (unpaired) electrons. The van der Waals surface area contributed by atoms with Crippen molar-refractivity contribution in [2.24, 2.45) is 0 Å². The molecule has 0 spiro atoms. The highest BCUT2D eigenvalue weighted by molar-refractivity contribution is 6.31. The van der Waals surface area contributed by atoms with Crippen molar-refractivity contribution >= 4 is 23.5 Å². The first-order valence-corrected chi connectivity index (χ1v) is 6.98. The minimum Gasteiger partial charge on any atom is -0.469 e. The molecular formula is C15H20ClNO4. The molecule has 6 heteroatoms. The van der Waals surface area contributed by atoms with E-state index in [0.29, 0.717) is 23.7 Å². The van der Waals surface area contributed by atoms with Gasteiger partial charge in [-0.25, -0.2) is 0 Å². The van der Waals surface area contributed by atoms with Crippen molar-refractivity contribution in [2.45, 2.75) is 13.3 Å². The molecule has 0 aliphatic carbocycles. The molecule has 0 aliphatic rings. The number of esters is 1. The molecule has 5 nitrogen and oxygen atoms in total. The topological polar surface area (TPSA) is 55.8 Å². The van der Waals surface area contributed by atoms with Gasteiger partial charge in [-0.1, -0.05) is 11.6 Å². The van der Waals surface area contributed by atoms with Gasteiger partial charge in [0.1, 0.15) is 0 Å². The number of hydrogen-bond acceptors (Lipinski definition) is 4. The van der Waals surface area contributed by atoms with Crippen LogP contribution in [0, 0.1) is 6.92 Å². The van der Waals surface area contributed by atoms with E-state index >= 15 is 0 Å². The lowest BCUT2D eigenvalue weighted by atomic mass is 10.1. The summed E-state index contributed by atoms with van der Waals surface area (Å²) < 4.78 is 9.60. The van der Waals surface area contributed by atoms with Crippen LogP contribution in [0.1, 0.15) is 22.3 Å². The predicted octanol–water partition coefficient (Wildman–Crippen LogP) is 2.30. The molecule has 0 aliphatic heterocycles.